The van der Waals surface area contributed by atoms with Crippen molar-refractivity contribution in [2.24, 2.45) is 0 Å². The van der Waals surface area contributed by atoms with E-state index in [1.54, 1.807) is 0 Å². The summed E-state index contributed by atoms with van der Waals surface area (Å²) in [5, 5.41) is 15.4. The third-order valence-electron chi connectivity index (χ3n) is 4.78. The maximum Gasteiger partial charge on any atom is 0.263 e. The van der Waals surface area contributed by atoms with Gasteiger partial charge in [-0.15, -0.1) is 0 Å². The smallest absolute Gasteiger partial charge is 0.263 e. The highest BCUT2D eigenvalue weighted by molar-refractivity contribution is 5.97. The number of benzene rings is 1. The van der Waals surface area contributed by atoms with Crippen LogP contribution in [0.3, 0.4) is 0 Å². The molecule has 24 heavy (non-hydrogen) atoms. The summed E-state index contributed by atoms with van der Waals surface area (Å²) in [5.74, 6) is 0.140. The fourth-order valence-corrected chi connectivity index (χ4v) is 3.09. The van der Waals surface area contributed by atoms with Crippen LogP contribution in [0.1, 0.15) is 63.9 Å². The van der Waals surface area contributed by atoms with Gasteiger partial charge in [0, 0.05) is 17.9 Å². The molecule has 1 atom stereocenters. The van der Waals surface area contributed by atoms with Gasteiger partial charge >= 0.3 is 0 Å². The van der Waals surface area contributed by atoms with Crippen molar-refractivity contribution < 1.29 is 4.79 Å². The average Bonchev–Trinajstić information content (AvgIpc) is 2.62. The van der Waals surface area contributed by atoms with E-state index < -0.39 is 0 Å². The molecule has 0 bridgehead atoms. The zero-order valence-electron chi connectivity index (χ0n) is 14.6. The first-order valence-corrected chi connectivity index (χ1v) is 8.92. The molecule has 128 valence electrons. The first kappa shape index (κ1) is 18.1. The van der Waals surface area contributed by atoms with Crippen LogP contribution in [0.4, 0.5) is 5.69 Å². The molecule has 4 nitrogen and oxygen atoms in total. The van der Waals surface area contributed by atoms with Crippen molar-refractivity contribution in [3.05, 3.63) is 41.6 Å². The number of carbonyl (C=O) groups is 1. The minimum atomic E-state index is -0.280. The SMILES string of the molecule is CCC(C)c1ccccc1N/C=C(/C#N)C(=O)NC1CCCCC1. The Labute approximate surface area is 144 Å². The standard InChI is InChI=1S/C20H27N3O/c1-3-15(2)18-11-7-8-12-19(18)22-14-16(13-21)20(24)23-17-9-5-4-6-10-17/h7-8,11-12,14-15,17,22H,3-6,9-10H2,1-2H3,(H,23,24)/b16-14-. The van der Waals surface area contributed by atoms with Crippen LogP contribution in [0.5, 0.6) is 0 Å². The molecule has 1 fully saturated rings. The molecule has 1 aliphatic carbocycles. The Kier molecular flexibility index (Phi) is 6.87. The van der Waals surface area contributed by atoms with Crippen molar-refractivity contribution >= 4 is 11.6 Å². The van der Waals surface area contributed by atoms with Crippen molar-refractivity contribution in [2.75, 3.05) is 5.32 Å². The molecule has 0 heterocycles. The van der Waals surface area contributed by atoms with Gasteiger partial charge in [-0.25, -0.2) is 0 Å². The molecule has 1 aromatic carbocycles. The van der Waals surface area contributed by atoms with Gasteiger partial charge in [0.15, 0.2) is 0 Å². The normalized spacial score (nSPS) is 17.0. The fourth-order valence-electron chi connectivity index (χ4n) is 3.09. The van der Waals surface area contributed by atoms with Crippen LogP contribution in [-0.4, -0.2) is 11.9 Å². The minimum absolute atomic E-state index is 0.125. The highest BCUT2D eigenvalue weighted by atomic mass is 16.1. The maximum absolute atomic E-state index is 12.3. The Balaban J connectivity index is 2.05. The molecular weight excluding hydrogens is 298 g/mol. The first-order chi connectivity index (χ1) is 11.7. The molecule has 4 heteroatoms. The summed E-state index contributed by atoms with van der Waals surface area (Å²) in [7, 11) is 0. The van der Waals surface area contributed by atoms with Gasteiger partial charge < -0.3 is 10.6 Å². The van der Waals surface area contributed by atoms with Crippen molar-refractivity contribution in [3.8, 4) is 6.07 Å². The summed E-state index contributed by atoms with van der Waals surface area (Å²) in [4.78, 5) is 12.3. The van der Waals surface area contributed by atoms with Gasteiger partial charge in [0.2, 0.25) is 0 Å². The van der Waals surface area contributed by atoms with E-state index in [0.29, 0.717) is 5.92 Å². The largest absolute Gasteiger partial charge is 0.360 e. The second-order valence-electron chi connectivity index (χ2n) is 6.52. The zero-order valence-corrected chi connectivity index (χ0v) is 14.6. The predicted molar refractivity (Wildman–Crippen MR) is 97.5 cm³/mol. The van der Waals surface area contributed by atoms with E-state index in [4.69, 9.17) is 0 Å². The van der Waals surface area contributed by atoms with Crippen molar-refractivity contribution in [2.45, 2.75) is 64.3 Å². The molecule has 2 rings (SSSR count). The topological polar surface area (TPSA) is 64.9 Å². The van der Waals surface area contributed by atoms with Gasteiger partial charge in [-0.2, -0.15) is 5.26 Å². The lowest BCUT2D eigenvalue weighted by Gasteiger charge is -2.22. The molecule has 0 radical (unpaired) electrons. The summed E-state index contributed by atoms with van der Waals surface area (Å²) in [6.45, 7) is 4.32. The van der Waals surface area contributed by atoms with Gasteiger partial charge in [0.1, 0.15) is 11.6 Å². The monoisotopic (exact) mass is 325 g/mol. The first-order valence-electron chi connectivity index (χ1n) is 8.92. The molecule has 1 saturated carbocycles. The van der Waals surface area contributed by atoms with E-state index >= 15 is 0 Å². The number of rotatable bonds is 6. The summed E-state index contributed by atoms with van der Waals surface area (Å²) < 4.78 is 0. The van der Waals surface area contributed by atoms with Gasteiger partial charge in [0.25, 0.3) is 5.91 Å². The van der Waals surface area contributed by atoms with E-state index in [2.05, 4.69) is 30.5 Å². The number of para-hydroxylation sites is 1. The van der Waals surface area contributed by atoms with Gasteiger partial charge in [-0.1, -0.05) is 51.3 Å². The molecule has 0 aliphatic heterocycles. The third-order valence-corrected chi connectivity index (χ3v) is 4.78. The van der Waals surface area contributed by atoms with Crippen LogP contribution in [-0.2, 0) is 4.79 Å². The Bertz CT molecular complexity index is 624. The van der Waals surface area contributed by atoms with E-state index in [1.807, 2.05) is 24.3 Å². The number of nitrogens with one attached hydrogen (secondary N) is 2. The fraction of sp³-hybridized carbons (Fsp3) is 0.500. The predicted octanol–water partition coefficient (Wildman–Crippen LogP) is 4.47. The summed E-state index contributed by atoms with van der Waals surface area (Å²) in [6.07, 6.45) is 8.12. The molecule has 0 saturated heterocycles. The number of hydrogen-bond donors (Lipinski definition) is 2. The van der Waals surface area contributed by atoms with Crippen LogP contribution < -0.4 is 10.6 Å². The molecule has 2 N–H and O–H groups in total. The quantitative estimate of drug-likeness (QED) is 0.599. The summed E-state index contributed by atoms with van der Waals surface area (Å²) in [6, 6.07) is 10.2. The Morgan fingerprint density at radius 2 is 2.04 bits per heavy atom. The molecule has 1 aromatic rings. The number of nitriles is 1. The van der Waals surface area contributed by atoms with E-state index in [0.717, 1.165) is 37.8 Å². The van der Waals surface area contributed by atoms with Crippen LogP contribution in [0, 0.1) is 11.3 Å². The van der Waals surface area contributed by atoms with E-state index in [9.17, 15) is 10.1 Å². The highest BCUT2D eigenvalue weighted by Crippen LogP contribution is 2.26. The van der Waals surface area contributed by atoms with Gasteiger partial charge in [0.05, 0.1) is 0 Å². The van der Waals surface area contributed by atoms with Crippen LogP contribution in [0.25, 0.3) is 0 Å². The molecule has 0 aromatic heterocycles. The number of anilines is 1. The number of carbonyl (C=O) groups excluding carboxylic acids is 1. The Hall–Kier alpha value is -2.28. The maximum atomic E-state index is 12.3. The summed E-state index contributed by atoms with van der Waals surface area (Å²) >= 11 is 0. The van der Waals surface area contributed by atoms with Crippen LogP contribution >= 0.6 is 0 Å². The van der Waals surface area contributed by atoms with Crippen LogP contribution in [0.2, 0.25) is 0 Å². The number of amides is 1. The lowest BCUT2D eigenvalue weighted by atomic mass is 9.95. The van der Waals surface area contributed by atoms with Crippen molar-refractivity contribution in [1.29, 1.82) is 5.26 Å². The van der Waals surface area contributed by atoms with Crippen molar-refractivity contribution in [1.82, 2.24) is 5.32 Å². The van der Waals surface area contributed by atoms with E-state index in [1.165, 1.54) is 18.2 Å². The Morgan fingerprint density at radius 1 is 1.33 bits per heavy atom. The highest BCUT2D eigenvalue weighted by Gasteiger charge is 2.18. The minimum Gasteiger partial charge on any atom is -0.360 e. The zero-order chi connectivity index (χ0) is 17.4. The summed E-state index contributed by atoms with van der Waals surface area (Å²) in [5.41, 5.74) is 2.27. The van der Waals surface area contributed by atoms with Crippen molar-refractivity contribution in [3.63, 3.8) is 0 Å². The second kappa shape index (κ2) is 9.12. The second-order valence-corrected chi connectivity index (χ2v) is 6.52. The lowest BCUT2D eigenvalue weighted by Crippen LogP contribution is -2.37. The number of hydrogen-bond acceptors (Lipinski definition) is 3. The molecule has 0 spiro atoms. The Morgan fingerprint density at radius 3 is 2.71 bits per heavy atom. The van der Waals surface area contributed by atoms with Gasteiger partial charge in [-0.3, -0.25) is 4.79 Å². The van der Waals surface area contributed by atoms with E-state index in [-0.39, 0.29) is 17.5 Å². The lowest BCUT2D eigenvalue weighted by molar-refractivity contribution is -0.118. The molecule has 1 amide bonds. The van der Waals surface area contributed by atoms with Crippen LogP contribution in [0.15, 0.2) is 36.0 Å². The number of nitrogens with zero attached hydrogens (tertiary/aromatic N) is 1. The molecule has 1 aliphatic rings. The third kappa shape index (κ3) is 4.86. The molecule has 1 unspecified atom stereocenters. The van der Waals surface area contributed by atoms with Gasteiger partial charge in [-0.05, 0) is 36.8 Å². The molecular formula is C20H27N3O. The average molecular weight is 325 g/mol.